The Balaban J connectivity index is 1.15. The van der Waals surface area contributed by atoms with Gasteiger partial charge in [0.1, 0.15) is 12.7 Å². The number of para-hydroxylation sites is 2. The van der Waals surface area contributed by atoms with Crippen LogP contribution >= 0.6 is 0 Å². The molecule has 3 aromatic carbocycles. The molecule has 8 heteroatoms. The molecule has 0 saturated carbocycles. The molecule has 0 spiro atoms. The van der Waals surface area contributed by atoms with E-state index in [0.29, 0.717) is 55.5 Å². The SMILES string of the molecule is O=C(NCC1COc2ccccc2O1)C1CCN(S(=O)(=O)c2ccc3ccccc3c2)CC1. The van der Waals surface area contributed by atoms with Gasteiger partial charge in [-0.25, -0.2) is 8.42 Å². The predicted octanol–water partition coefficient (Wildman–Crippen LogP) is 3.20. The molecule has 3 aromatic rings. The molecule has 0 aromatic heterocycles. The standard InChI is InChI=1S/C25H26N2O5S/c28-25(26-16-21-17-31-23-7-3-4-8-24(23)32-21)19-11-13-27(14-12-19)33(29,30)22-10-9-18-5-1-2-6-20(18)15-22/h1-10,15,19,21H,11-14,16-17H2,(H,26,28). The number of sulfonamides is 1. The molecule has 1 amide bonds. The lowest BCUT2D eigenvalue weighted by Gasteiger charge is -2.31. The van der Waals surface area contributed by atoms with E-state index in [1.54, 1.807) is 12.1 Å². The van der Waals surface area contributed by atoms with Crippen LogP contribution in [-0.2, 0) is 14.8 Å². The molecule has 1 atom stereocenters. The summed E-state index contributed by atoms with van der Waals surface area (Å²) in [6.07, 6.45) is 0.727. The molecule has 1 N–H and O–H groups in total. The largest absolute Gasteiger partial charge is 0.486 e. The summed E-state index contributed by atoms with van der Waals surface area (Å²) < 4.78 is 39.3. The third-order valence-electron chi connectivity index (χ3n) is 6.25. The predicted molar refractivity (Wildman–Crippen MR) is 125 cm³/mol. The van der Waals surface area contributed by atoms with Crippen LogP contribution in [0.3, 0.4) is 0 Å². The Morgan fingerprint density at radius 1 is 0.939 bits per heavy atom. The van der Waals surface area contributed by atoms with Crippen molar-refractivity contribution < 1.29 is 22.7 Å². The van der Waals surface area contributed by atoms with Crippen LogP contribution < -0.4 is 14.8 Å². The maximum Gasteiger partial charge on any atom is 0.243 e. The van der Waals surface area contributed by atoms with E-state index in [2.05, 4.69) is 5.32 Å². The number of hydrogen-bond donors (Lipinski definition) is 1. The molecule has 2 aliphatic heterocycles. The number of piperidine rings is 1. The first-order valence-corrected chi connectivity index (χ1v) is 12.6. The zero-order valence-electron chi connectivity index (χ0n) is 18.1. The van der Waals surface area contributed by atoms with Crippen molar-refractivity contribution in [2.45, 2.75) is 23.8 Å². The Hall–Kier alpha value is -3.10. The second-order valence-corrected chi connectivity index (χ2v) is 10.4. The zero-order valence-corrected chi connectivity index (χ0v) is 19.0. The van der Waals surface area contributed by atoms with Crippen molar-refractivity contribution in [1.82, 2.24) is 9.62 Å². The van der Waals surface area contributed by atoms with Gasteiger partial charge in [0.05, 0.1) is 11.4 Å². The van der Waals surface area contributed by atoms with Gasteiger partial charge in [0.2, 0.25) is 15.9 Å². The molecule has 5 rings (SSSR count). The number of nitrogens with one attached hydrogen (secondary N) is 1. The monoisotopic (exact) mass is 466 g/mol. The highest BCUT2D eigenvalue weighted by atomic mass is 32.2. The second-order valence-electron chi connectivity index (χ2n) is 8.43. The van der Waals surface area contributed by atoms with Crippen LogP contribution in [0.5, 0.6) is 11.5 Å². The first-order chi connectivity index (χ1) is 16.0. The molecule has 2 aliphatic rings. The molecule has 33 heavy (non-hydrogen) atoms. The molecule has 1 saturated heterocycles. The van der Waals surface area contributed by atoms with Crippen LogP contribution in [0.25, 0.3) is 10.8 Å². The summed E-state index contributed by atoms with van der Waals surface area (Å²) in [4.78, 5) is 13.0. The fourth-order valence-corrected chi connectivity index (χ4v) is 5.86. The highest BCUT2D eigenvalue weighted by Crippen LogP contribution is 2.31. The van der Waals surface area contributed by atoms with E-state index in [9.17, 15) is 13.2 Å². The molecule has 1 fully saturated rings. The van der Waals surface area contributed by atoms with Gasteiger partial charge >= 0.3 is 0 Å². The van der Waals surface area contributed by atoms with Crippen molar-refractivity contribution in [2.75, 3.05) is 26.2 Å². The Morgan fingerprint density at radius 3 is 2.42 bits per heavy atom. The van der Waals surface area contributed by atoms with Crippen molar-refractivity contribution in [3.8, 4) is 11.5 Å². The van der Waals surface area contributed by atoms with Crippen molar-refractivity contribution in [1.29, 1.82) is 0 Å². The number of rotatable bonds is 5. The number of ether oxygens (including phenoxy) is 2. The Morgan fingerprint density at radius 2 is 1.64 bits per heavy atom. The highest BCUT2D eigenvalue weighted by molar-refractivity contribution is 7.89. The summed E-state index contributed by atoms with van der Waals surface area (Å²) in [6, 6.07) is 20.3. The summed E-state index contributed by atoms with van der Waals surface area (Å²) in [5, 5.41) is 4.84. The summed E-state index contributed by atoms with van der Waals surface area (Å²) in [7, 11) is -3.60. The van der Waals surface area contributed by atoms with E-state index < -0.39 is 10.0 Å². The van der Waals surface area contributed by atoms with E-state index in [4.69, 9.17) is 9.47 Å². The minimum atomic E-state index is -3.60. The van der Waals surface area contributed by atoms with E-state index >= 15 is 0 Å². The average Bonchev–Trinajstić information content (AvgIpc) is 2.87. The van der Waals surface area contributed by atoms with Crippen LogP contribution in [0, 0.1) is 5.92 Å². The van der Waals surface area contributed by atoms with E-state index in [1.807, 2.05) is 54.6 Å². The molecule has 0 radical (unpaired) electrons. The van der Waals surface area contributed by atoms with Gasteiger partial charge in [-0.2, -0.15) is 4.31 Å². The Bertz CT molecular complexity index is 1270. The van der Waals surface area contributed by atoms with E-state index in [1.165, 1.54) is 4.31 Å². The van der Waals surface area contributed by atoms with Crippen molar-refractivity contribution in [3.63, 3.8) is 0 Å². The number of carbonyl (C=O) groups is 1. The smallest absolute Gasteiger partial charge is 0.243 e. The third-order valence-corrected chi connectivity index (χ3v) is 8.15. The molecule has 0 bridgehead atoms. The fourth-order valence-electron chi connectivity index (χ4n) is 4.36. The van der Waals surface area contributed by atoms with Crippen LogP contribution in [0.2, 0.25) is 0 Å². The van der Waals surface area contributed by atoms with Crippen LogP contribution in [0.4, 0.5) is 0 Å². The number of nitrogens with zero attached hydrogens (tertiary/aromatic N) is 1. The lowest BCUT2D eigenvalue weighted by molar-refractivity contribution is -0.126. The topological polar surface area (TPSA) is 84.9 Å². The molecule has 172 valence electrons. The van der Waals surface area contributed by atoms with Crippen molar-refractivity contribution >= 4 is 26.7 Å². The lowest BCUT2D eigenvalue weighted by Crippen LogP contribution is -2.46. The van der Waals surface area contributed by atoms with Crippen LogP contribution in [0.15, 0.2) is 71.6 Å². The summed E-state index contributed by atoms with van der Waals surface area (Å²) in [6.45, 7) is 1.37. The number of amides is 1. The van der Waals surface area contributed by atoms with Crippen LogP contribution in [0.1, 0.15) is 12.8 Å². The van der Waals surface area contributed by atoms with Gasteiger partial charge < -0.3 is 14.8 Å². The van der Waals surface area contributed by atoms with Gasteiger partial charge in [-0.3, -0.25) is 4.79 Å². The Kier molecular flexibility index (Phi) is 5.95. The normalized spacial score (nSPS) is 19.3. The first kappa shape index (κ1) is 21.7. The number of carbonyl (C=O) groups excluding carboxylic acids is 1. The lowest BCUT2D eigenvalue weighted by atomic mass is 9.97. The Labute approximate surface area is 193 Å². The molecule has 7 nitrogen and oxygen atoms in total. The van der Waals surface area contributed by atoms with Gasteiger partial charge in [-0.15, -0.1) is 0 Å². The van der Waals surface area contributed by atoms with Gasteiger partial charge in [0, 0.05) is 19.0 Å². The minimum Gasteiger partial charge on any atom is -0.486 e. The van der Waals surface area contributed by atoms with E-state index in [0.717, 1.165) is 10.8 Å². The summed E-state index contributed by atoms with van der Waals surface area (Å²) in [5.41, 5.74) is 0. The highest BCUT2D eigenvalue weighted by Gasteiger charge is 2.32. The molecule has 0 aliphatic carbocycles. The van der Waals surface area contributed by atoms with Crippen LogP contribution in [-0.4, -0.2) is 51.0 Å². The maximum absolute atomic E-state index is 13.1. The first-order valence-electron chi connectivity index (χ1n) is 11.2. The third kappa shape index (κ3) is 4.54. The number of fused-ring (bicyclic) bond motifs is 2. The van der Waals surface area contributed by atoms with Gasteiger partial charge in [0.25, 0.3) is 0 Å². The quantitative estimate of drug-likeness (QED) is 0.624. The molecular weight excluding hydrogens is 440 g/mol. The van der Waals surface area contributed by atoms with Gasteiger partial charge in [-0.1, -0.05) is 42.5 Å². The number of hydrogen-bond acceptors (Lipinski definition) is 5. The molecular formula is C25H26N2O5S. The molecule has 1 unspecified atom stereocenters. The minimum absolute atomic E-state index is 0.0692. The summed E-state index contributed by atoms with van der Waals surface area (Å²) in [5.74, 6) is 1.10. The zero-order chi connectivity index (χ0) is 22.8. The second kappa shape index (κ2) is 9.03. The van der Waals surface area contributed by atoms with E-state index in [-0.39, 0.29) is 17.9 Å². The average molecular weight is 467 g/mol. The van der Waals surface area contributed by atoms with Gasteiger partial charge in [-0.05, 0) is 47.9 Å². The molecule has 2 heterocycles. The fraction of sp³-hybridized carbons (Fsp3) is 0.320. The van der Waals surface area contributed by atoms with Crippen molar-refractivity contribution in [2.24, 2.45) is 5.92 Å². The van der Waals surface area contributed by atoms with Gasteiger partial charge in [0.15, 0.2) is 11.5 Å². The summed E-state index contributed by atoms with van der Waals surface area (Å²) >= 11 is 0. The number of benzene rings is 3. The maximum atomic E-state index is 13.1. The van der Waals surface area contributed by atoms with Crippen molar-refractivity contribution in [3.05, 3.63) is 66.7 Å².